The van der Waals surface area contributed by atoms with Gasteiger partial charge in [0.1, 0.15) is 17.7 Å². The number of nitrogens with zero attached hydrogens (tertiary/aromatic N) is 1. The van der Waals surface area contributed by atoms with E-state index in [1.165, 1.54) is 31.4 Å². The molecule has 1 aliphatic carbocycles. The van der Waals surface area contributed by atoms with E-state index in [0.717, 1.165) is 57.0 Å². The van der Waals surface area contributed by atoms with Crippen LogP contribution in [0.2, 0.25) is 0 Å². The quantitative estimate of drug-likeness (QED) is 0.804. The van der Waals surface area contributed by atoms with E-state index in [1.807, 2.05) is 0 Å². The van der Waals surface area contributed by atoms with Gasteiger partial charge >= 0.3 is 0 Å². The van der Waals surface area contributed by atoms with Crippen LogP contribution in [0.3, 0.4) is 0 Å². The van der Waals surface area contributed by atoms with Crippen molar-refractivity contribution < 1.29 is 13.9 Å². The minimum absolute atomic E-state index is 0.154. The van der Waals surface area contributed by atoms with Crippen molar-refractivity contribution in [3.05, 3.63) is 30.1 Å². The molecule has 26 heavy (non-hydrogen) atoms. The third kappa shape index (κ3) is 5.97. The molecular formula is C21H31FN2O2. The molecule has 2 fully saturated rings. The number of carbonyl (C=O) groups excluding carboxylic acids is 1. The molecule has 0 aromatic heterocycles. The fourth-order valence-corrected chi connectivity index (χ4v) is 4.33. The predicted octanol–water partition coefficient (Wildman–Crippen LogP) is 3.74. The molecule has 0 unspecified atom stereocenters. The fraction of sp³-hybridized carbons (Fsp3) is 0.667. The van der Waals surface area contributed by atoms with E-state index in [9.17, 15) is 9.18 Å². The van der Waals surface area contributed by atoms with E-state index in [4.69, 9.17) is 10.5 Å². The van der Waals surface area contributed by atoms with Gasteiger partial charge in [0.2, 0.25) is 5.91 Å². The van der Waals surface area contributed by atoms with Gasteiger partial charge in [-0.05, 0) is 74.8 Å². The Labute approximate surface area is 155 Å². The van der Waals surface area contributed by atoms with Gasteiger partial charge in [-0.1, -0.05) is 12.8 Å². The monoisotopic (exact) mass is 362 g/mol. The summed E-state index contributed by atoms with van der Waals surface area (Å²) in [6.45, 7) is 3.31. The minimum Gasteiger partial charge on any atom is -0.490 e. The molecule has 1 heterocycles. The van der Waals surface area contributed by atoms with Crippen LogP contribution in [0.15, 0.2) is 24.3 Å². The summed E-state index contributed by atoms with van der Waals surface area (Å²) in [4.78, 5) is 13.6. The van der Waals surface area contributed by atoms with Crippen LogP contribution in [0.1, 0.15) is 51.4 Å². The lowest BCUT2D eigenvalue weighted by Gasteiger charge is -2.34. The summed E-state index contributed by atoms with van der Waals surface area (Å²) in [5.41, 5.74) is 5.31. The molecule has 2 aliphatic rings. The van der Waals surface area contributed by atoms with Crippen molar-refractivity contribution >= 4 is 5.91 Å². The molecule has 2 N–H and O–H groups in total. The van der Waals surface area contributed by atoms with Crippen LogP contribution in [-0.2, 0) is 4.79 Å². The highest BCUT2D eigenvalue weighted by molar-refractivity contribution is 5.73. The Morgan fingerprint density at radius 3 is 2.27 bits per heavy atom. The first-order chi connectivity index (χ1) is 12.6. The smallest absolute Gasteiger partial charge is 0.217 e. The van der Waals surface area contributed by atoms with Gasteiger partial charge < -0.3 is 15.4 Å². The van der Waals surface area contributed by atoms with Gasteiger partial charge in [-0.15, -0.1) is 0 Å². The SMILES string of the molecule is NC(=O)CC1CCC(CCN2CCC(Oc3ccc(F)cc3)CC2)CC1. The molecule has 1 aromatic carbocycles. The van der Waals surface area contributed by atoms with Crippen molar-refractivity contribution in [1.29, 1.82) is 0 Å². The van der Waals surface area contributed by atoms with Crippen LogP contribution < -0.4 is 10.5 Å². The number of benzene rings is 1. The molecule has 3 rings (SSSR count). The van der Waals surface area contributed by atoms with E-state index < -0.39 is 0 Å². The van der Waals surface area contributed by atoms with Gasteiger partial charge in [-0.25, -0.2) is 4.39 Å². The summed E-state index contributed by atoms with van der Waals surface area (Å²) in [5.74, 6) is 1.70. The van der Waals surface area contributed by atoms with Gasteiger partial charge in [0.05, 0.1) is 0 Å². The molecule has 1 aromatic rings. The molecule has 0 spiro atoms. The van der Waals surface area contributed by atoms with E-state index in [0.29, 0.717) is 12.3 Å². The number of nitrogens with two attached hydrogens (primary N) is 1. The Kier molecular flexibility index (Phi) is 6.89. The average molecular weight is 362 g/mol. The van der Waals surface area contributed by atoms with Crippen LogP contribution >= 0.6 is 0 Å². The summed E-state index contributed by atoms with van der Waals surface area (Å²) in [6.07, 6.45) is 8.90. The topological polar surface area (TPSA) is 55.6 Å². The lowest BCUT2D eigenvalue weighted by Crippen LogP contribution is -2.39. The second kappa shape index (κ2) is 9.36. The van der Waals surface area contributed by atoms with Crippen molar-refractivity contribution in [3.63, 3.8) is 0 Å². The summed E-state index contributed by atoms with van der Waals surface area (Å²) < 4.78 is 18.9. The van der Waals surface area contributed by atoms with Gasteiger partial charge in [-0.3, -0.25) is 4.79 Å². The van der Waals surface area contributed by atoms with Crippen molar-refractivity contribution in [2.45, 2.75) is 57.5 Å². The number of rotatable bonds is 7. The number of hydrogen-bond donors (Lipinski definition) is 1. The van der Waals surface area contributed by atoms with Crippen molar-refractivity contribution in [2.75, 3.05) is 19.6 Å². The highest BCUT2D eigenvalue weighted by Gasteiger charge is 2.24. The zero-order valence-corrected chi connectivity index (χ0v) is 15.5. The summed E-state index contributed by atoms with van der Waals surface area (Å²) >= 11 is 0. The second-order valence-corrected chi connectivity index (χ2v) is 7.96. The number of halogens is 1. The third-order valence-corrected chi connectivity index (χ3v) is 5.96. The Bertz CT molecular complexity index is 562. The lowest BCUT2D eigenvalue weighted by atomic mass is 9.79. The van der Waals surface area contributed by atoms with Crippen LogP contribution in [0.5, 0.6) is 5.75 Å². The first-order valence-electron chi connectivity index (χ1n) is 10.0. The molecule has 1 saturated heterocycles. The van der Waals surface area contributed by atoms with Crippen molar-refractivity contribution in [3.8, 4) is 5.75 Å². The van der Waals surface area contributed by atoms with Crippen molar-refractivity contribution in [1.82, 2.24) is 4.90 Å². The van der Waals surface area contributed by atoms with Gasteiger partial charge in [-0.2, -0.15) is 0 Å². The average Bonchev–Trinajstić information content (AvgIpc) is 2.64. The Morgan fingerprint density at radius 1 is 1.04 bits per heavy atom. The van der Waals surface area contributed by atoms with E-state index in [1.54, 1.807) is 12.1 Å². The summed E-state index contributed by atoms with van der Waals surface area (Å²) in [5, 5.41) is 0. The molecule has 0 atom stereocenters. The van der Waals surface area contributed by atoms with Crippen LogP contribution in [0.4, 0.5) is 4.39 Å². The number of likely N-dealkylation sites (tertiary alicyclic amines) is 1. The molecule has 1 aliphatic heterocycles. The Hall–Kier alpha value is -1.62. The predicted molar refractivity (Wildman–Crippen MR) is 100 cm³/mol. The number of amides is 1. The van der Waals surface area contributed by atoms with Gasteiger partial charge in [0.15, 0.2) is 0 Å². The first kappa shape index (κ1) is 19.2. The standard InChI is InChI=1S/C21H31FN2O2/c22-18-5-7-19(8-6-18)26-20-10-13-24(14-11-20)12-9-16-1-3-17(4-2-16)15-21(23)25/h5-8,16-17,20H,1-4,9-15H2,(H2,23,25). The summed E-state index contributed by atoms with van der Waals surface area (Å²) in [7, 11) is 0. The minimum atomic E-state index is -0.226. The fourth-order valence-electron chi connectivity index (χ4n) is 4.33. The van der Waals surface area contributed by atoms with Gasteiger partial charge in [0, 0.05) is 19.5 Å². The maximum Gasteiger partial charge on any atom is 0.217 e. The van der Waals surface area contributed by atoms with Crippen LogP contribution in [-0.4, -0.2) is 36.5 Å². The Balaban J connectivity index is 1.31. The highest BCUT2D eigenvalue weighted by Crippen LogP contribution is 2.32. The Morgan fingerprint density at radius 2 is 1.65 bits per heavy atom. The second-order valence-electron chi connectivity index (χ2n) is 7.96. The molecule has 5 heteroatoms. The largest absolute Gasteiger partial charge is 0.490 e. The zero-order chi connectivity index (χ0) is 18.4. The molecule has 0 bridgehead atoms. The molecular weight excluding hydrogens is 331 g/mol. The molecule has 4 nitrogen and oxygen atoms in total. The number of primary amides is 1. The number of carbonyl (C=O) groups is 1. The number of hydrogen-bond acceptors (Lipinski definition) is 3. The maximum atomic E-state index is 12.9. The first-order valence-corrected chi connectivity index (χ1v) is 10.0. The molecule has 1 amide bonds. The van der Waals surface area contributed by atoms with Gasteiger partial charge in [0.25, 0.3) is 0 Å². The lowest BCUT2D eigenvalue weighted by molar-refractivity contribution is -0.119. The maximum absolute atomic E-state index is 12.9. The molecule has 0 radical (unpaired) electrons. The highest BCUT2D eigenvalue weighted by atomic mass is 19.1. The molecule has 144 valence electrons. The van der Waals surface area contributed by atoms with Crippen LogP contribution in [0.25, 0.3) is 0 Å². The van der Waals surface area contributed by atoms with Crippen molar-refractivity contribution in [2.24, 2.45) is 17.6 Å². The molecule has 1 saturated carbocycles. The van der Waals surface area contributed by atoms with E-state index >= 15 is 0 Å². The number of ether oxygens (including phenoxy) is 1. The van der Waals surface area contributed by atoms with E-state index in [2.05, 4.69) is 4.90 Å². The zero-order valence-electron chi connectivity index (χ0n) is 15.5. The van der Waals surface area contributed by atoms with Crippen LogP contribution in [0, 0.1) is 17.7 Å². The summed E-state index contributed by atoms with van der Waals surface area (Å²) in [6, 6.07) is 6.30. The third-order valence-electron chi connectivity index (χ3n) is 5.96. The normalized spacial score (nSPS) is 25.1. The van der Waals surface area contributed by atoms with E-state index in [-0.39, 0.29) is 17.8 Å². The number of piperidine rings is 1.